The van der Waals surface area contributed by atoms with E-state index in [0.29, 0.717) is 27.0 Å². The molecule has 1 amide bonds. The van der Waals surface area contributed by atoms with Crippen molar-refractivity contribution in [2.24, 2.45) is 0 Å². The largest absolute Gasteiger partial charge is 0.497 e. The lowest BCUT2D eigenvalue weighted by Gasteiger charge is -2.25. The molecule has 3 aromatic carbocycles. The van der Waals surface area contributed by atoms with E-state index in [1.54, 1.807) is 62.6 Å². The summed E-state index contributed by atoms with van der Waals surface area (Å²) < 4.78 is 33.2. The number of hydrogen-bond acceptors (Lipinski definition) is 7. The first-order valence-corrected chi connectivity index (χ1v) is 13.0. The summed E-state index contributed by atoms with van der Waals surface area (Å²) in [5.41, 5.74) is 1.78. The molecule has 4 aromatic rings. The van der Waals surface area contributed by atoms with Gasteiger partial charge in [-0.3, -0.25) is 14.4 Å². The van der Waals surface area contributed by atoms with Crippen LogP contribution < -0.4 is 14.4 Å². The summed E-state index contributed by atoms with van der Waals surface area (Å²) in [6, 6.07) is 20.0. The third kappa shape index (κ3) is 5.61. The first-order valence-electron chi connectivity index (χ1n) is 10.4. The molecule has 1 aromatic heterocycles. The smallest absolute Gasteiger partial charge is 0.264 e. The third-order valence-electron chi connectivity index (χ3n) is 5.05. The van der Waals surface area contributed by atoms with Crippen LogP contribution in [0.4, 0.5) is 10.8 Å². The highest BCUT2D eigenvalue weighted by Gasteiger charge is 2.28. The van der Waals surface area contributed by atoms with Crippen molar-refractivity contribution in [2.45, 2.75) is 11.8 Å². The van der Waals surface area contributed by atoms with Crippen LogP contribution in [0.2, 0.25) is 5.02 Å². The van der Waals surface area contributed by atoms with Crippen molar-refractivity contribution in [1.29, 1.82) is 0 Å². The lowest BCUT2D eigenvalue weighted by Crippen LogP contribution is -2.38. The molecule has 0 saturated heterocycles. The van der Waals surface area contributed by atoms with Crippen LogP contribution in [0, 0.1) is 6.92 Å². The van der Waals surface area contributed by atoms with Crippen LogP contribution in [0.5, 0.6) is 5.75 Å². The predicted octanol–water partition coefficient (Wildman–Crippen LogP) is 5.01. The normalized spacial score (nSPS) is 11.2. The van der Waals surface area contributed by atoms with Crippen LogP contribution >= 0.6 is 22.9 Å². The van der Waals surface area contributed by atoms with E-state index in [1.165, 1.54) is 23.5 Å². The Kier molecular flexibility index (Phi) is 7.34. The number of sulfonamides is 1. The number of aromatic nitrogens is 2. The fraction of sp³-hybridized carbons (Fsp3) is 0.125. The van der Waals surface area contributed by atoms with E-state index >= 15 is 0 Å². The first kappa shape index (κ1) is 24.6. The average molecular weight is 529 g/mol. The second-order valence-electron chi connectivity index (χ2n) is 7.44. The number of benzene rings is 3. The zero-order chi connectivity index (χ0) is 25.0. The van der Waals surface area contributed by atoms with E-state index in [-0.39, 0.29) is 10.0 Å². The van der Waals surface area contributed by atoms with Gasteiger partial charge in [0.05, 0.1) is 17.7 Å². The van der Waals surface area contributed by atoms with E-state index in [2.05, 4.69) is 15.5 Å². The Hall–Kier alpha value is -3.47. The monoisotopic (exact) mass is 528 g/mol. The minimum atomic E-state index is -4.04. The van der Waals surface area contributed by atoms with E-state index < -0.39 is 22.5 Å². The standard InChI is InChI=1S/C24H21ClN4O4S2/c1-16-14-18(25)10-13-21(16)29(35(31,32)20-6-4-3-5-7-20)15-22(30)26-24-28-27-23(34-24)17-8-11-19(33-2)12-9-17/h3-14H,15H2,1-2H3,(H,26,28,30). The van der Waals surface area contributed by atoms with Crippen molar-refractivity contribution in [2.75, 3.05) is 23.3 Å². The lowest BCUT2D eigenvalue weighted by atomic mass is 10.2. The van der Waals surface area contributed by atoms with Gasteiger partial charge in [-0.1, -0.05) is 41.1 Å². The summed E-state index contributed by atoms with van der Waals surface area (Å²) in [6.07, 6.45) is 0. The van der Waals surface area contributed by atoms with Crippen LogP contribution in [0.25, 0.3) is 10.6 Å². The topological polar surface area (TPSA) is 101 Å². The summed E-state index contributed by atoms with van der Waals surface area (Å²) in [6.45, 7) is 1.27. The third-order valence-corrected chi connectivity index (χ3v) is 7.95. The molecular formula is C24H21ClN4O4S2. The molecule has 0 saturated carbocycles. The molecule has 0 aliphatic heterocycles. The van der Waals surface area contributed by atoms with Gasteiger partial charge in [0, 0.05) is 10.6 Å². The Labute approximate surface area is 212 Å². The molecule has 1 heterocycles. The summed E-state index contributed by atoms with van der Waals surface area (Å²) in [5.74, 6) is 0.153. The Bertz CT molecular complexity index is 1440. The number of nitrogens with zero attached hydrogens (tertiary/aromatic N) is 3. The van der Waals surface area contributed by atoms with Crippen LogP contribution in [0.3, 0.4) is 0 Å². The zero-order valence-corrected chi connectivity index (χ0v) is 21.2. The summed E-state index contributed by atoms with van der Waals surface area (Å²) in [4.78, 5) is 13.0. The predicted molar refractivity (Wildman–Crippen MR) is 138 cm³/mol. The van der Waals surface area contributed by atoms with Crippen molar-refractivity contribution in [3.05, 3.63) is 83.4 Å². The fourth-order valence-corrected chi connectivity index (χ4v) is 5.83. The Morgan fingerprint density at radius 3 is 2.43 bits per heavy atom. The van der Waals surface area contributed by atoms with Gasteiger partial charge >= 0.3 is 0 Å². The quantitative estimate of drug-likeness (QED) is 0.345. The Morgan fingerprint density at radius 1 is 1.06 bits per heavy atom. The number of aryl methyl sites for hydroxylation is 1. The maximum absolute atomic E-state index is 13.5. The molecule has 8 nitrogen and oxygen atoms in total. The molecule has 4 rings (SSSR count). The molecule has 11 heteroatoms. The molecule has 0 aliphatic carbocycles. The highest BCUT2D eigenvalue weighted by atomic mass is 35.5. The Morgan fingerprint density at radius 2 is 1.77 bits per heavy atom. The Balaban J connectivity index is 1.59. The minimum absolute atomic E-state index is 0.0693. The number of rotatable bonds is 8. The van der Waals surface area contributed by atoms with Crippen molar-refractivity contribution >= 4 is 49.7 Å². The molecule has 0 bridgehead atoms. The van der Waals surface area contributed by atoms with Gasteiger partial charge < -0.3 is 4.74 Å². The van der Waals surface area contributed by atoms with Crippen LogP contribution in [-0.2, 0) is 14.8 Å². The molecule has 0 atom stereocenters. The first-order chi connectivity index (χ1) is 16.8. The maximum atomic E-state index is 13.5. The van der Waals surface area contributed by atoms with Gasteiger partial charge in [0.15, 0.2) is 0 Å². The molecule has 1 N–H and O–H groups in total. The number of anilines is 2. The molecule has 180 valence electrons. The number of carbonyl (C=O) groups excluding carboxylic acids is 1. The average Bonchev–Trinajstić information content (AvgIpc) is 3.32. The van der Waals surface area contributed by atoms with Gasteiger partial charge in [-0.15, -0.1) is 10.2 Å². The number of hydrogen-bond donors (Lipinski definition) is 1. The van der Waals surface area contributed by atoms with Crippen LogP contribution in [-0.4, -0.2) is 38.2 Å². The number of nitrogens with one attached hydrogen (secondary N) is 1. The molecule has 0 aliphatic rings. The molecule has 0 unspecified atom stereocenters. The second kappa shape index (κ2) is 10.4. The van der Waals surface area contributed by atoms with E-state index in [1.807, 2.05) is 12.1 Å². The molecule has 0 spiro atoms. The van der Waals surface area contributed by atoms with Gasteiger partial charge in [-0.25, -0.2) is 8.42 Å². The SMILES string of the molecule is COc1ccc(-c2nnc(NC(=O)CN(c3ccc(Cl)cc3C)S(=O)(=O)c3ccccc3)s2)cc1. The zero-order valence-electron chi connectivity index (χ0n) is 18.8. The van der Waals surface area contributed by atoms with Crippen molar-refractivity contribution in [3.63, 3.8) is 0 Å². The molecule has 0 fully saturated rings. The van der Waals surface area contributed by atoms with E-state index in [0.717, 1.165) is 9.87 Å². The van der Waals surface area contributed by atoms with Gasteiger partial charge in [0.2, 0.25) is 11.0 Å². The minimum Gasteiger partial charge on any atom is -0.497 e. The van der Waals surface area contributed by atoms with Gasteiger partial charge in [-0.2, -0.15) is 0 Å². The summed E-state index contributed by atoms with van der Waals surface area (Å²) in [5, 5.41) is 12.1. The van der Waals surface area contributed by atoms with E-state index in [9.17, 15) is 13.2 Å². The summed E-state index contributed by atoms with van der Waals surface area (Å²) in [7, 11) is -2.45. The van der Waals surface area contributed by atoms with Gasteiger partial charge in [0.25, 0.3) is 10.0 Å². The highest BCUT2D eigenvalue weighted by Crippen LogP contribution is 2.30. The number of carbonyl (C=O) groups is 1. The number of halogens is 1. The number of methoxy groups -OCH3 is 1. The second-order valence-corrected chi connectivity index (χ2v) is 10.7. The number of amides is 1. The lowest BCUT2D eigenvalue weighted by molar-refractivity contribution is -0.114. The molecule has 35 heavy (non-hydrogen) atoms. The van der Waals surface area contributed by atoms with E-state index in [4.69, 9.17) is 16.3 Å². The highest BCUT2D eigenvalue weighted by molar-refractivity contribution is 7.92. The van der Waals surface area contributed by atoms with Gasteiger partial charge in [0.1, 0.15) is 17.3 Å². The van der Waals surface area contributed by atoms with Crippen molar-refractivity contribution in [1.82, 2.24) is 10.2 Å². The molecule has 0 radical (unpaired) electrons. The van der Waals surface area contributed by atoms with Crippen molar-refractivity contribution < 1.29 is 17.9 Å². The van der Waals surface area contributed by atoms with Crippen molar-refractivity contribution in [3.8, 4) is 16.3 Å². The summed E-state index contributed by atoms with van der Waals surface area (Å²) >= 11 is 7.25. The number of ether oxygens (including phenoxy) is 1. The van der Waals surface area contributed by atoms with Crippen LogP contribution in [0.15, 0.2) is 77.7 Å². The fourth-order valence-electron chi connectivity index (χ4n) is 3.33. The maximum Gasteiger partial charge on any atom is 0.264 e. The van der Waals surface area contributed by atoms with Gasteiger partial charge in [-0.05, 0) is 67.1 Å². The van der Waals surface area contributed by atoms with Crippen LogP contribution in [0.1, 0.15) is 5.56 Å². The molecular weight excluding hydrogens is 508 g/mol.